The highest BCUT2D eigenvalue weighted by molar-refractivity contribution is 5.83. The number of aliphatic carboxylic acids is 1. The van der Waals surface area contributed by atoms with Gasteiger partial charge in [-0.3, -0.25) is 4.79 Å². The Balaban J connectivity index is 4.29. The molecule has 0 aliphatic rings. The number of carboxylic acids is 1. The maximum atomic E-state index is 11.4. The molecule has 0 saturated heterocycles. The van der Waals surface area contributed by atoms with Crippen molar-refractivity contribution in [1.29, 1.82) is 0 Å². The molecule has 0 rings (SSSR count). The van der Waals surface area contributed by atoms with E-state index in [1.165, 1.54) is 0 Å². The molecule has 0 saturated carbocycles. The number of hydrogen-bond acceptors (Lipinski definition) is 2. The molecular formula is C11H21NO3. The van der Waals surface area contributed by atoms with Crippen molar-refractivity contribution in [2.24, 2.45) is 11.8 Å². The third-order valence-electron chi connectivity index (χ3n) is 2.39. The Bertz CT molecular complexity index is 226. The number of amides is 1. The van der Waals surface area contributed by atoms with Crippen molar-refractivity contribution in [2.45, 2.75) is 46.6 Å². The Hall–Kier alpha value is -1.06. The number of rotatable bonds is 6. The third kappa shape index (κ3) is 5.40. The van der Waals surface area contributed by atoms with Gasteiger partial charge in [0.15, 0.2) is 0 Å². The molecule has 4 heteroatoms. The molecule has 2 N–H and O–H groups in total. The smallest absolute Gasteiger partial charge is 0.326 e. The Kier molecular flexibility index (Phi) is 5.97. The number of carboxylic acid groups (broad SMARTS) is 1. The van der Waals surface area contributed by atoms with Gasteiger partial charge in [-0.25, -0.2) is 4.79 Å². The molecule has 0 fully saturated rings. The van der Waals surface area contributed by atoms with E-state index in [1.807, 2.05) is 27.7 Å². The predicted octanol–water partition coefficient (Wildman–Crippen LogP) is 1.65. The van der Waals surface area contributed by atoms with E-state index in [2.05, 4.69) is 5.32 Å². The number of carbonyl (C=O) groups is 2. The molecular weight excluding hydrogens is 194 g/mol. The lowest BCUT2D eigenvalue weighted by atomic mass is 9.99. The standard InChI is InChI=1S/C11H21NO3/c1-5-8(4)10(11(14)15)12-9(13)6-7(2)3/h7-8,10H,5-6H2,1-4H3,(H,12,13)(H,14,15)/t8-,10+/m1/s1. The first-order chi connectivity index (χ1) is 6.88. The van der Waals surface area contributed by atoms with E-state index in [0.29, 0.717) is 6.42 Å². The van der Waals surface area contributed by atoms with E-state index in [1.54, 1.807) is 0 Å². The van der Waals surface area contributed by atoms with Crippen molar-refractivity contribution in [3.05, 3.63) is 0 Å². The summed E-state index contributed by atoms with van der Waals surface area (Å²) < 4.78 is 0. The Morgan fingerprint density at radius 2 is 1.80 bits per heavy atom. The lowest BCUT2D eigenvalue weighted by Crippen LogP contribution is -2.45. The van der Waals surface area contributed by atoms with Crippen LogP contribution in [0, 0.1) is 11.8 Å². The Labute approximate surface area is 91.1 Å². The van der Waals surface area contributed by atoms with E-state index in [0.717, 1.165) is 6.42 Å². The van der Waals surface area contributed by atoms with Crippen molar-refractivity contribution in [3.8, 4) is 0 Å². The first-order valence-corrected chi connectivity index (χ1v) is 5.40. The second kappa shape index (κ2) is 6.43. The van der Waals surface area contributed by atoms with Crippen molar-refractivity contribution < 1.29 is 14.7 Å². The maximum Gasteiger partial charge on any atom is 0.326 e. The summed E-state index contributed by atoms with van der Waals surface area (Å²) in [6.07, 6.45) is 1.11. The summed E-state index contributed by atoms with van der Waals surface area (Å²) in [6, 6.07) is -0.763. The van der Waals surface area contributed by atoms with E-state index >= 15 is 0 Å². The van der Waals surface area contributed by atoms with Crippen LogP contribution in [0.25, 0.3) is 0 Å². The van der Waals surface area contributed by atoms with Crippen molar-refractivity contribution in [3.63, 3.8) is 0 Å². The lowest BCUT2D eigenvalue weighted by Gasteiger charge is -2.20. The van der Waals surface area contributed by atoms with E-state index in [4.69, 9.17) is 5.11 Å². The second-order valence-electron chi connectivity index (χ2n) is 4.37. The molecule has 0 aromatic heterocycles. The summed E-state index contributed by atoms with van der Waals surface area (Å²) in [4.78, 5) is 22.3. The second-order valence-corrected chi connectivity index (χ2v) is 4.37. The minimum Gasteiger partial charge on any atom is -0.480 e. The van der Waals surface area contributed by atoms with E-state index in [-0.39, 0.29) is 17.7 Å². The van der Waals surface area contributed by atoms with Gasteiger partial charge in [0.2, 0.25) is 5.91 Å². The molecule has 0 aromatic carbocycles. The van der Waals surface area contributed by atoms with Crippen LogP contribution in [0.15, 0.2) is 0 Å². The molecule has 0 bridgehead atoms. The normalized spacial score (nSPS) is 14.7. The van der Waals surface area contributed by atoms with Gasteiger partial charge in [0.1, 0.15) is 6.04 Å². The van der Waals surface area contributed by atoms with Gasteiger partial charge >= 0.3 is 5.97 Å². The quantitative estimate of drug-likeness (QED) is 0.708. The summed E-state index contributed by atoms with van der Waals surface area (Å²) in [5.74, 6) is -0.936. The number of carbonyl (C=O) groups excluding carboxylic acids is 1. The fraction of sp³-hybridized carbons (Fsp3) is 0.818. The molecule has 0 radical (unpaired) electrons. The summed E-state index contributed by atoms with van der Waals surface area (Å²) >= 11 is 0. The van der Waals surface area contributed by atoms with E-state index < -0.39 is 12.0 Å². The summed E-state index contributed by atoms with van der Waals surface area (Å²) in [7, 11) is 0. The van der Waals surface area contributed by atoms with Gasteiger partial charge in [-0.2, -0.15) is 0 Å². The molecule has 0 aliphatic carbocycles. The summed E-state index contributed by atoms with van der Waals surface area (Å²) in [6.45, 7) is 7.60. The van der Waals surface area contributed by atoms with Crippen LogP contribution < -0.4 is 5.32 Å². The molecule has 0 aliphatic heterocycles. The Morgan fingerprint density at radius 3 is 2.13 bits per heavy atom. The van der Waals surface area contributed by atoms with Gasteiger partial charge in [0.25, 0.3) is 0 Å². The highest BCUT2D eigenvalue weighted by Crippen LogP contribution is 2.09. The topological polar surface area (TPSA) is 66.4 Å². The van der Waals surface area contributed by atoms with Gasteiger partial charge in [-0.1, -0.05) is 34.1 Å². The van der Waals surface area contributed by atoms with E-state index in [9.17, 15) is 9.59 Å². The predicted molar refractivity (Wildman–Crippen MR) is 58.5 cm³/mol. The molecule has 15 heavy (non-hydrogen) atoms. The molecule has 0 spiro atoms. The van der Waals surface area contributed by atoms with Crippen LogP contribution in [-0.2, 0) is 9.59 Å². The zero-order valence-corrected chi connectivity index (χ0v) is 9.91. The maximum absolute atomic E-state index is 11.4. The van der Waals surface area contributed by atoms with Crippen molar-refractivity contribution in [1.82, 2.24) is 5.32 Å². The zero-order valence-electron chi connectivity index (χ0n) is 9.91. The molecule has 0 aromatic rings. The highest BCUT2D eigenvalue weighted by atomic mass is 16.4. The SMILES string of the molecule is CC[C@@H](C)[C@H](NC(=O)CC(C)C)C(=O)O. The van der Waals surface area contributed by atoms with Gasteiger partial charge in [-0.15, -0.1) is 0 Å². The number of nitrogens with one attached hydrogen (secondary N) is 1. The van der Waals surface area contributed by atoms with Gasteiger partial charge in [-0.05, 0) is 11.8 Å². The largest absolute Gasteiger partial charge is 0.480 e. The monoisotopic (exact) mass is 215 g/mol. The summed E-state index contributed by atoms with van der Waals surface area (Å²) in [5, 5.41) is 11.5. The molecule has 88 valence electrons. The average molecular weight is 215 g/mol. The molecule has 1 amide bonds. The molecule has 0 heterocycles. The van der Waals surface area contributed by atoms with Crippen LogP contribution in [0.4, 0.5) is 0 Å². The zero-order chi connectivity index (χ0) is 12.0. The number of hydrogen-bond donors (Lipinski definition) is 2. The van der Waals surface area contributed by atoms with Crippen LogP contribution in [0.2, 0.25) is 0 Å². The van der Waals surface area contributed by atoms with Crippen molar-refractivity contribution >= 4 is 11.9 Å². The van der Waals surface area contributed by atoms with Crippen molar-refractivity contribution in [2.75, 3.05) is 0 Å². The molecule has 4 nitrogen and oxygen atoms in total. The summed E-state index contributed by atoms with van der Waals surface area (Å²) in [5.41, 5.74) is 0. The van der Waals surface area contributed by atoms with Gasteiger partial charge < -0.3 is 10.4 Å². The first kappa shape index (κ1) is 13.9. The van der Waals surface area contributed by atoms with Gasteiger partial charge in [0, 0.05) is 6.42 Å². The van der Waals surface area contributed by atoms with Crippen LogP contribution in [-0.4, -0.2) is 23.0 Å². The van der Waals surface area contributed by atoms with Crippen LogP contribution in [0.5, 0.6) is 0 Å². The molecule has 2 atom stereocenters. The third-order valence-corrected chi connectivity index (χ3v) is 2.39. The lowest BCUT2D eigenvalue weighted by molar-refractivity contribution is -0.143. The minimum absolute atomic E-state index is 0.0430. The van der Waals surface area contributed by atoms with Gasteiger partial charge in [0.05, 0.1) is 0 Å². The van der Waals surface area contributed by atoms with Crippen LogP contribution >= 0.6 is 0 Å². The molecule has 0 unspecified atom stereocenters. The fourth-order valence-corrected chi connectivity index (χ4v) is 1.29. The van der Waals surface area contributed by atoms with Crippen LogP contribution in [0.1, 0.15) is 40.5 Å². The average Bonchev–Trinajstić information content (AvgIpc) is 2.11. The van der Waals surface area contributed by atoms with Crippen LogP contribution in [0.3, 0.4) is 0 Å². The highest BCUT2D eigenvalue weighted by Gasteiger charge is 2.25. The Morgan fingerprint density at radius 1 is 1.27 bits per heavy atom. The first-order valence-electron chi connectivity index (χ1n) is 5.40. The minimum atomic E-state index is -0.957. The fourth-order valence-electron chi connectivity index (χ4n) is 1.29.